The van der Waals surface area contributed by atoms with Crippen LogP contribution in [0.3, 0.4) is 0 Å². The van der Waals surface area contributed by atoms with Crippen LogP contribution in [0.2, 0.25) is 0 Å². The SMILES string of the molecule is COC(=O)c1ccc(-c2nc(COc3ccc(C(C)(C)C)cc3)no2)cc1. The molecule has 0 saturated heterocycles. The van der Waals surface area contributed by atoms with Crippen LogP contribution in [0.1, 0.15) is 42.5 Å². The number of hydrogen-bond donors (Lipinski definition) is 0. The second kappa shape index (κ2) is 7.61. The van der Waals surface area contributed by atoms with Gasteiger partial charge in [0.05, 0.1) is 12.7 Å². The highest BCUT2D eigenvalue weighted by Crippen LogP contribution is 2.25. The predicted molar refractivity (Wildman–Crippen MR) is 101 cm³/mol. The van der Waals surface area contributed by atoms with Gasteiger partial charge in [-0.1, -0.05) is 38.1 Å². The Kier molecular flexibility index (Phi) is 5.26. The smallest absolute Gasteiger partial charge is 0.337 e. The number of ether oxygens (including phenoxy) is 2. The summed E-state index contributed by atoms with van der Waals surface area (Å²) in [7, 11) is 1.34. The second-order valence-corrected chi connectivity index (χ2v) is 7.15. The van der Waals surface area contributed by atoms with Gasteiger partial charge in [-0.2, -0.15) is 4.98 Å². The van der Waals surface area contributed by atoms with Crippen LogP contribution in [0.5, 0.6) is 5.75 Å². The Balaban J connectivity index is 1.63. The van der Waals surface area contributed by atoms with Crippen molar-refractivity contribution in [2.75, 3.05) is 7.11 Å². The van der Waals surface area contributed by atoms with Crippen LogP contribution in [0.4, 0.5) is 0 Å². The fourth-order valence-corrected chi connectivity index (χ4v) is 2.50. The lowest BCUT2D eigenvalue weighted by molar-refractivity contribution is 0.0600. The first-order chi connectivity index (χ1) is 12.9. The van der Waals surface area contributed by atoms with Crippen LogP contribution >= 0.6 is 0 Å². The molecular formula is C21H22N2O4. The fourth-order valence-electron chi connectivity index (χ4n) is 2.50. The second-order valence-electron chi connectivity index (χ2n) is 7.15. The van der Waals surface area contributed by atoms with E-state index in [2.05, 4.69) is 47.8 Å². The van der Waals surface area contributed by atoms with Gasteiger partial charge in [0.2, 0.25) is 5.82 Å². The molecule has 0 N–H and O–H groups in total. The van der Waals surface area contributed by atoms with Gasteiger partial charge in [0.15, 0.2) is 6.61 Å². The average Bonchev–Trinajstić information content (AvgIpc) is 3.14. The molecule has 0 radical (unpaired) electrons. The van der Waals surface area contributed by atoms with E-state index in [9.17, 15) is 4.79 Å². The van der Waals surface area contributed by atoms with E-state index in [1.54, 1.807) is 24.3 Å². The number of aromatic nitrogens is 2. The summed E-state index contributed by atoms with van der Waals surface area (Å²) in [6, 6.07) is 14.8. The van der Waals surface area contributed by atoms with Gasteiger partial charge in [-0.25, -0.2) is 4.79 Å². The first-order valence-electron chi connectivity index (χ1n) is 8.61. The van der Waals surface area contributed by atoms with E-state index >= 15 is 0 Å². The molecule has 3 aromatic rings. The Hall–Kier alpha value is -3.15. The molecule has 0 aliphatic carbocycles. The Morgan fingerprint density at radius 3 is 2.30 bits per heavy atom. The van der Waals surface area contributed by atoms with Gasteiger partial charge < -0.3 is 14.0 Å². The highest BCUT2D eigenvalue weighted by atomic mass is 16.5. The summed E-state index contributed by atoms with van der Waals surface area (Å²) in [6.45, 7) is 6.71. The normalized spacial score (nSPS) is 11.3. The van der Waals surface area contributed by atoms with E-state index in [1.165, 1.54) is 12.7 Å². The van der Waals surface area contributed by atoms with E-state index in [0.717, 1.165) is 11.3 Å². The van der Waals surface area contributed by atoms with Gasteiger partial charge in [0, 0.05) is 5.56 Å². The molecule has 0 saturated carbocycles. The van der Waals surface area contributed by atoms with E-state index in [1.807, 2.05) is 12.1 Å². The first-order valence-corrected chi connectivity index (χ1v) is 8.61. The van der Waals surface area contributed by atoms with Crippen LogP contribution in [0.25, 0.3) is 11.5 Å². The maximum Gasteiger partial charge on any atom is 0.337 e. The average molecular weight is 366 g/mol. The lowest BCUT2D eigenvalue weighted by Gasteiger charge is -2.19. The molecule has 0 spiro atoms. The molecule has 6 heteroatoms. The van der Waals surface area contributed by atoms with Crippen molar-refractivity contribution in [1.82, 2.24) is 10.1 Å². The Bertz CT molecular complexity index is 907. The number of esters is 1. The minimum Gasteiger partial charge on any atom is -0.485 e. The summed E-state index contributed by atoms with van der Waals surface area (Å²) in [5, 5.41) is 3.94. The molecule has 0 bridgehead atoms. The molecule has 2 aromatic carbocycles. The summed E-state index contributed by atoms with van der Waals surface area (Å²) in [5.41, 5.74) is 2.52. The monoisotopic (exact) mass is 366 g/mol. The molecule has 1 aromatic heterocycles. The fraction of sp³-hybridized carbons (Fsp3) is 0.286. The van der Waals surface area contributed by atoms with Crippen molar-refractivity contribution in [2.24, 2.45) is 0 Å². The maximum absolute atomic E-state index is 11.5. The van der Waals surface area contributed by atoms with E-state index in [4.69, 9.17) is 9.26 Å². The zero-order chi connectivity index (χ0) is 19.4. The maximum atomic E-state index is 11.5. The van der Waals surface area contributed by atoms with Crippen LogP contribution in [-0.2, 0) is 16.8 Å². The van der Waals surface area contributed by atoms with Crippen molar-refractivity contribution >= 4 is 5.97 Å². The molecule has 6 nitrogen and oxygen atoms in total. The lowest BCUT2D eigenvalue weighted by Crippen LogP contribution is -2.10. The van der Waals surface area contributed by atoms with Gasteiger partial charge in [-0.05, 0) is 47.4 Å². The lowest BCUT2D eigenvalue weighted by atomic mass is 9.87. The van der Waals surface area contributed by atoms with E-state index in [-0.39, 0.29) is 12.0 Å². The van der Waals surface area contributed by atoms with Crippen LogP contribution < -0.4 is 4.74 Å². The van der Waals surface area contributed by atoms with Crippen molar-refractivity contribution in [2.45, 2.75) is 32.8 Å². The minimum absolute atomic E-state index is 0.102. The van der Waals surface area contributed by atoms with Crippen molar-refractivity contribution in [3.8, 4) is 17.2 Å². The number of methoxy groups -OCH3 is 1. The molecule has 0 fully saturated rings. The third kappa shape index (κ3) is 4.53. The molecule has 27 heavy (non-hydrogen) atoms. The third-order valence-corrected chi connectivity index (χ3v) is 4.11. The van der Waals surface area contributed by atoms with Crippen molar-refractivity contribution < 1.29 is 18.8 Å². The zero-order valence-corrected chi connectivity index (χ0v) is 15.9. The van der Waals surface area contributed by atoms with Crippen molar-refractivity contribution in [3.63, 3.8) is 0 Å². The molecule has 0 amide bonds. The third-order valence-electron chi connectivity index (χ3n) is 4.11. The summed E-state index contributed by atoms with van der Waals surface area (Å²) >= 11 is 0. The summed E-state index contributed by atoms with van der Waals surface area (Å²) in [6.07, 6.45) is 0. The Morgan fingerprint density at radius 1 is 1.04 bits per heavy atom. The molecule has 0 aliphatic rings. The number of carbonyl (C=O) groups is 1. The quantitative estimate of drug-likeness (QED) is 0.623. The number of benzene rings is 2. The van der Waals surface area contributed by atoms with Crippen molar-refractivity contribution in [3.05, 3.63) is 65.5 Å². The number of nitrogens with zero attached hydrogens (tertiary/aromatic N) is 2. The summed E-state index contributed by atoms with van der Waals surface area (Å²) in [5.74, 6) is 1.17. The number of hydrogen-bond acceptors (Lipinski definition) is 6. The predicted octanol–water partition coefficient (Wildman–Crippen LogP) is 4.40. The molecular weight excluding hydrogens is 344 g/mol. The molecule has 140 valence electrons. The minimum atomic E-state index is -0.390. The molecule has 0 atom stereocenters. The van der Waals surface area contributed by atoms with E-state index in [0.29, 0.717) is 17.3 Å². The van der Waals surface area contributed by atoms with E-state index < -0.39 is 5.97 Å². The summed E-state index contributed by atoms with van der Waals surface area (Å²) in [4.78, 5) is 15.8. The first kappa shape index (κ1) is 18.6. The van der Waals surface area contributed by atoms with Gasteiger partial charge in [0.1, 0.15) is 5.75 Å². The Morgan fingerprint density at radius 2 is 1.70 bits per heavy atom. The number of carbonyl (C=O) groups excluding carboxylic acids is 1. The standard InChI is InChI=1S/C21H22N2O4/c1-21(2,3)16-9-11-17(12-10-16)26-13-18-22-19(27-23-18)14-5-7-15(8-6-14)20(24)25-4/h5-12H,13H2,1-4H3. The molecule has 0 aliphatic heterocycles. The topological polar surface area (TPSA) is 74.5 Å². The van der Waals surface area contributed by atoms with Crippen LogP contribution in [0, 0.1) is 0 Å². The molecule has 3 rings (SSSR count). The summed E-state index contributed by atoms with van der Waals surface area (Å²) < 4.78 is 15.7. The van der Waals surface area contributed by atoms with Gasteiger partial charge in [-0.15, -0.1) is 0 Å². The number of rotatable bonds is 5. The van der Waals surface area contributed by atoms with Gasteiger partial charge >= 0.3 is 5.97 Å². The highest BCUT2D eigenvalue weighted by Gasteiger charge is 2.14. The van der Waals surface area contributed by atoms with Crippen LogP contribution in [0.15, 0.2) is 53.1 Å². The largest absolute Gasteiger partial charge is 0.485 e. The van der Waals surface area contributed by atoms with Gasteiger partial charge in [0.25, 0.3) is 5.89 Å². The Labute approximate surface area is 158 Å². The van der Waals surface area contributed by atoms with Crippen LogP contribution in [-0.4, -0.2) is 23.2 Å². The molecule has 0 unspecified atom stereocenters. The zero-order valence-electron chi connectivity index (χ0n) is 15.9. The molecule has 1 heterocycles. The highest BCUT2D eigenvalue weighted by molar-refractivity contribution is 5.89. The van der Waals surface area contributed by atoms with Gasteiger partial charge in [-0.3, -0.25) is 0 Å². The van der Waals surface area contributed by atoms with Crippen molar-refractivity contribution in [1.29, 1.82) is 0 Å².